The Morgan fingerprint density at radius 2 is 2.06 bits per heavy atom. The molecule has 1 atom stereocenters. The average Bonchev–Trinajstić information content (AvgIpc) is 2.80. The Bertz CT molecular complexity index is 177. The van der Waals surface area contributed by atoms with Crippen LogP contribution in [0.25, 0.3) is 0 Å². The summed E-state index contributed by atoms with van der Waals surface area (Å²) in [7, 11) is 0. The van der Waals surface area contributed by atoms with Gasteiger partial charge in [0.25, 0.3) is 0 Å². The van der Waals surface area contributed by atoms with Crippen molar-refractivity contribution in [3.8, 4) is 0 Å². The predicted octanol–water partition coefficient (Wildman–Crippen LogP) is -0.489. The van der Waals surface area contributed by atoms with Gasteiger partial charge in [-0.2, -0.15) is 0 Å². The Morgan fingerprint density at radius 3 is 2.25 bits per heavy atom. The van der Waals surface area contributed by atoms with Crippen molar-refractivity contribution in [1.82, 2.24) is 10.2 Å². The predicted molar refractivity (Wildman–Crippen MR) is 67.1 cm³/mol. The van der Waals surface area contributed by atoms with Crippen LogP contribution in [0.3, 0.4) is 0 Å². The molecule has 5 N–H and O–H groups in total. The van der Waals surface area contributed by atoms with E-state index >= 15 is 0 Å². The first-order chi connectivity index (χ1) is 7.65. The third-order valence-corrected chi connectivity index (χ3v) is 2.74. The molecule has 0 radical (unpaired) electrons. The van der Waals surface area contributed by atoms with E-state index in [1.807, 2.05) is 0 Å². The van der Waals surface area contributed by atoms with Crippen LogP contribution in [0.2, 0.25) is 0 Å². The van der Waals surface area contributed by atoms with Gasteiger partial charge in [-0.15, -0.1) is 0 Å². The van der Waals surface area contributed by atoms with E-state index in [0.717, 1.165) is 45.6 Å². The second-order valence-corrected chi connectivity index (χ2v) is 3.87. The summed E-state index contributed by atoms with van der Waals surface area (Å²) in [5.74, 6) is -0.220. The average molecular weight is 230 g/mol. The number of hydrogen-bond donors (Lipinski definition) is 3. The highest BCUT2D eigenvalue weighted by atomic mass is 16.1. The molecule has 1 saturated heterocycles. The summed E-state index contributed by atoms with van der Waals surface area (Å²) < 4.78 is 0. The number of carbonyl (C=O) groups excluding carboxylic acids is 1. The monoisotopic (exact) mass is 230 g/mol. The first-order valence-corrected chi connectivity index (χ1v) is 6.10. The molecule has 1 aliphatic rings. The van der Waals surface area contributed by atoms with Gasteiger partial charge in [0.1, 0.15) is 0 Å². The third-order valence-electron chi connectivity index (χ3n) is 2.74. The highest BCUT2D eigenvalue weighted by Crippen LogP contribution is 2.02. The van der Waals surface area contributed by atoms with E-state index in [2.05, 4.69) is 24.1 Å². The van der Waals surface area contributed by atoms with Gasteiger partial charge >= 0.3 is 0 Å². The lowest BCUT2D eigenvalue weighted by atomic mass is 10.2. The lowest BCUT2D eigenvalue weighted by Gasteiger charge is -2.15. The maximum Gasteiger partial charge on any atom is 0.234 e. The van der Waals surface area contributed by atoms with Crippen molar-refractivity contribution in [3.63, 3.8) is 0 Å². The lowest BCUT2D eigenvalue weighted by Crippen LogP contribution is -2.36. The van der Waals surface area contributed by atoms with Gasteiger partial charge in [0.2, 0.25) is 5.91 Å². The van der Waals surface area contributed by atoms with Gasteiger partial charge in [0.05, 0.1) is 6.04 Å². The highest BCUT2D eigenvalue weighted by molar-refractivity contribution is 5.80. The molecule has 5 nitrogen and oxygen atoms in total. The van der Waals surface area contributed by atoms with Gasteiger partial charge in [-0.1, -0.05) is 13.8 Å². The minimum atomic E-state index is -0.220. The molecule has 1 fully saturated rings. The smallest absolute Gasteiger partial charge is 0.234 e. The normalized spacial score (nSPS) is 19.4. The van der Waals surface area contributed by atoms with Crippen LogP contribution in [0, 0.1) is 0 Å². The molecule has 0 aromatic carbocycles. The molecule has 96 valence electrons. The van der Waals surface area contributed by atoms with E-state index < -0.39 is 0 Å². The number of rotatable bonds is 5. The molecule has 1 amide bonds. The zero-order chi connectivity index (χ0) is 12.4. The number of nitrogens with two attached hydrogens (primary N) is 2. The molecule has 1 aliphatic heterocycles. The van der Waals surface area contributed by atoms with E-state index in [1.165, 1.54) is 0 Å². The van der Waals surface area contributed by atoms with Gasteiger partial charge in [-0.25, -0.2) is 0 Å². The number of nitrogens with zero attached hydrogens (tertiary/aromatic N) is 1. The van der Waals surface area contributed by atoms with E-state index in [0.29, 0.717) is 0 Å². The van der Waals surface area contributed by atoms with E-state index in [9.17, 15) is 4.79 Å². The fourth-order valence-corrected chi connectivity index (χ4v) is 1.65. The van der Waals surface area contributed by atoms with Gasteiger partial charge in [-0.05, 0) is 32.5 Å². The number of carbonyl (C=O) groups is 1. The second-order valence-electron chi connectivity index (χ2n) is 3.87. The Balaban J connectivity index is 0.000000281. The topological polar surface area (TPSA) is 84.4 Å². The molecule has 1 heterocycles. The lowest BCUT2D eigenvalue weighted by molar-refractivity contribution is -0.119. The minimum Gasteiger partial charge on any atom is -0.368 e. The number of hydrogen-bond acceptors (Lipinski definition) is 4. The zero-order valence-corrected chi connectivity index (χ0v) is 10.5. The van der Waals surface area contributed by atoms with Crippen LogP contribution >= 0.6 is 0 Å². The van der Waals surface area contributed by atoms with Crippen molar-refractivity contribution in [1.29, 1.82) is 0 Å². The molecule has 0 saturated carbocycles. The molecule has 0 bridgehead atoms. The summed E-state index contributed by atoms with van der Waals surface area (Å²) in [6.45, 7) is 9.29. The molecule has 0 aliphatic carbocycles. The third kappa shape index (κ3) is 6.76. The van der Waals surface area contributed by atoms with E-state index in [1.54, 1.807) is 0 Å². The molecule has 16 heavy (non-hydrogen) atoms. The number of likely N-dealkylation sites (N-methyl/N-ethyl adjacent to an activating group) is 1. The summed E-state index contributed by atoms with van der Waals surface area (Å²) in [6.07, 6.45) is 1.99. The Morgan fingerprint density at radius 1 is 1.44 bits per heavy atom. The van der Waals surface area contributed by atoms with E-state index in [-0.39, 0.29) is 11.9 Å². The Kier molecular flexibility index (Phi) is 9.18. The molecular weight excluding hydrogens is 204 g/mol. The number of nitrogens with one attached hydrogen (secondary N) is 1. The van der Waals surface area contributed by atoms with E-state index in [4.69, 9.17) is 11.5 Å². The molecular formula is C11H26N4O. The number of amides is 1. The van der Waals surface area contributed by atoms with Crippen molar-refractivity contribution in [3.05, 3.63) is 0 Å². The molecule has 0 aromatic rings. The van der Waals surface area contributed by atoms with Crippen LogP contribution in [0.5, 0.6) is 0 Å². The summed E-state index contributed by atoms with van der Waals surface area (Å²) in [5.41, 5.74) is 10.3. The van der Waals surface area contributed by atoms with Gasteiger partial charge in [0, 0.05) is 13.1 Å². The minimum absolute atomic E-state index is 0.0463. The van der Waals surface area contributed by atoms with Gasteiger partial charge in [0.15, 0.2) is 0 Å². The summed E-state index contributed by atoms with van der Waals surface area (Å²) in [5, 5.41) is 2.98. The molecule has 0 spiro atoms. The van der Waals surface area contributed by atoms with Gasteiger partial charge in [-0.3, -0.25) is 4.79 Å². The van der Waals surface area contributed by atoms with Gasteiger partial charge < -0.3 is 21.7 Å². The summed E-state index contributed by atoms with van der Waals surface area (Å²) in [6, 6.07) is -0.0463. The first-order valence-electron chi connectivity index (χ1n) is 6.10. The first kappa shape index (κ1) is 15.3. The summed E-state index contributed by atoms with van der Waals surface area (Å²) >= 11 is 0. The van der Waals surface area contributed by atoms with Crippen LogP contribution in [-0.2, 0) is 4.79 Å². The second kappa shape index (κ2) is 9.57. The molecule has 5 heteroatoms. The van der Waals surface area contributed by atoms with Crippen molar-refractivity contribution < 1.29 is 4.79 Å². The number of primary amides is 1. The van der Waals surface area contributed by atoms with Crippen LogP contribution in [0.15, 0.2) is 0 Å². The zero-order valence-electron chi connectivity index (χ0n) is 10.5. The van der Waals surface area contributed by atoms with Crippen molar-refractivity contribution in [2.75, 3.05) is 32.7 Å². The summed E-state index contributed by atoms with van der Waals surface area (Å²) in [4.78, 5) is 12.7. The highest BCUT2D eigenvalue weighted by Gasteiger charge is 2.18. The fraction of sp³-hybridized carbons (Fsp3) is 0.909. The van der Waals surface area contributed by atoms with Crippen LogP contribution < -0.4 is 16.8 Å². The standard InChI is InChI=1S/C6H16N2.C5H10N2O/c1-3-8(4-2)6-5-7;6-5(8)4-2-1-3-7-4/h3-7H2,1-2H3;4,7H,1-3H2,(H2,6,8)/t;4-/m.0/s1. The maximum absolute atomic E-state index is 10.4. The SMILES string of the molecule is CCN(CC)CCN.NC(=O)[C@@H]1CCCN1. The quantitative estimate of drug-likeness (QED) is 0.595. The van der Waals surface area contributed by atoms with Crippen LogP contribution in [-0.4, -0.2) is 49.6 Å². The van der Waals surface area contributed by atoms with Crippen LogP contribution in [0.1, 0.15) is 26.7 Å². The molecule has 0 unspecified atom stereocenters. The fourth-order valence-electron chi connectivity index (χ4n) is 1.65. The molecule has 1 rings (SSSR count). The van der Waals surface area contributed by atoms with Crippen molar-refractivity contribution >= 4 is 5.91 Å². The van der Waals surface area contributed by atoms with Crippen molar-refractivity contribution in [2.24, 2.45) is 11.5 Å². The Labute approximate surface area is 98.5 Å². The van der Waals surface area contributed by atoms with Crippen molar-refractivity contribution in [2.45, 2.75) is 32.7 Å². The van der Waals surface area contributed by atoms with Crippen LogP contribution in [0.4, 0.5) is 0 Å². The largest absolute Gasteiger partial charge is 0.368 e. The molecule has 0 aromatic heterocycles. The maximum atomic E-state index is 10.4. The Hall–Kier alpha value is -0.650.